The van der Waals surface area contributed by atoms with E-state index < -0.39 is 0 Å². The van der Waals surface area contributed by atoms with Crippen LogP contribution in [0.5, 0.6) is 0 Å². The Morgan fingerprint density at radius 1 is 1.18 bits per heavy atom. The van der Waals surface area contributed by atoms with E-state index in [-0.39, 0.29) is 5.82 Å². The quantitative estimate of drug-likeness (QED) is 0.852. The van der Waals surface area contributed by atoms with Crippen LogP contribution < -0.4 is 0 Å². The summed E-state index contributed by atoms with van der Waals surface area (Å²) in [6.07, 6.45) is 2.48. The van der Waals surface area contributed by atoms with Crippen molar-refractivity contribution in [3.63, 3.8) is 0 Å². The zero-order valence-corrected chi connectivity index (χ0v) is 13.1. The molecule has 5 nitrogen and oxygen atoms in total. The Balaban J connectivity index is 1.70. The van der Waals surface area contributed by atoms with Gasteiger partial charge in [0.25, 0.3) is 0 Å². The number of nitrogens with zero attached hydrogens (tertiary/aromatic N) is 5. The first-order chi connectivity index (χ1) is 10.6. The van der Waals surface area contributed by atoms with Crippen molar-refractivity contribution in [3.8, 4) is 0 Å². The van der Waals surface area contributed by atoms with Gasteiger partial charge >= 0.3 is 0 Å². The summed E-state index contributed by atoms with van der Waals surface area (Å²) in [7, 11) is 4.32. The number of aromatic nitrogens is 3. The fourth-order valence-corrected chi connectivity index (χ4v) is 2.87. The average Bonchev–Trinajstić information content (AvgIpc) is 2.92. The molecule has 0 radical (unpaired) electrons. The molecule has 2 heterocycles. The van der Waals surface area contributed by atoms with Crippen molar-refractivity contribution in [3.05, 3.63) is 47.8 Å². The number of likely N-dealkylation sites (N-methyl/N-ethyl adjacent to an activating group) is 2. The lowest BCUT2D eigenvalue weighted by Crippen LogP contribution is -2.51. The minimum absolute atomic E-state index is 0.213. The number of rotatable bonds is 4. The van der Waals surface area contributed by atoms with E-state index in [9.17, 15) is 4.39 Å². The van der Waals surface area contributed by atoms with E-state index in [0.29, 0.717) is 12.6 Å². The molecule has 1 aromatic heterocycles. The summed E-state index contributed by atoms with van der Waals surface area (Å²) in [5.74, 6) is 0.769. The largest absolute Gasteiger partial charge is 0.304 e. The third kappa shape index (κ3) is 3.51. The van der Waals surface area contributed by atoms with E-state index in [2.05, 4.69) is 34.0 Å². The molecule has 0 N–H and O–H groups in total. The zero-order valence-electron chi connectivity index (χ0n) is 13.1. The second-order valence-corrected chi connectivity index (χ2v) is 6.06. The minimum Gasteiger partial charge on any atom is -0.304 e. The highest BCUT2D eigenvalue weighted by Gasteiger charge is 2.24. The molecule has 0 bridgehead atoms. The third-order valence-corrected chi connectivity index (χ3v) is 4.34. The molecule has 0 spiro atoms. The lowest BCUT2D eigenvalue weighted by atomic mass is 10.1. The molecule has 0 amide bonds. The Morgan fingerprint density at radius 3 is 2.73 bits per heavy atom. The average molecular weight is 303 g/mol. The molecule has 118 valence electrons. The second kappa shape index (κ2) is 6.54. The van der Waals surface area contributed by atoms with Crippen molar-refractivity contribution in [2.24, 2.45) is 0 Å². The van der Waals surface area contributed by atoms with Crippen molar-refractivity contribution < 1.29 is 4.39 Å². The van der Waals surface area contributed by atoms with E-state index in [4.69, 9.17) is 0 Å². The van der Waals surface area contributed by atoms with Gasteiger partial charge in [-0.05, 0) is 31.8 Å². The lowest BCUT2D eigenvalue weighted by Gasteiger charge is -2.37. The number of hydrogen-bond donors (Lipinski definition) is 0. The maximum atomic E-state index is 13.0. The highest BCUT2D eigenvalue weighted by molar-refractivity contribution is 5.16. The topological polar surface area (TPSA) is 37.2 Å². The van der Waals surface area contributed by atoms with Crippen LogP contribution in [-0.2, 0) is 13.0 Å². The third-order valence-electron chi connectivity index (χ3n) is 4.34. The summed E-state index contributed by atoms with van der Waals surface area (Å²) in [6.45, 7) is 3.85. The molecular weight excluding hydrogens is 281 g/mol. The number of benzene rings is 1. The normalized spacial score (nSPS) is 20.4. The molecule has 0 saturated carbocycles. The van der Waals surface area contributed by atoms with E-state index >= 15 is 0 Å². The van der Waals surface area contributed by atoms with Gasteiger partial charge in [-0.3, -0.25) is 0 Å². The molecule has 0 aliphatic carbocycles. The van der Waals surface area contributed by atoms with Crippen LogP contribution in [0.25, 0.3) is 0 Å². The fraction of sp³-hybridized carbons (Fsp3) is 0.500. The molecule has 1 aliphatic rings. The predicted molar refractivity (Wildman–Crippen MR) is 83.1 cm³/mol. The highest BCUT2D eigenvalue weighted by Crippen LogP contribution is 2.12. The van der Waals surface area contributed by atoms with Crippen molar-refractivity contribution in [2.45, 2.75) is 19.0 Å². The van der Waals surface area contributed by atoms with E-state index in [0.717, 1.165) is 37.4 Å². The summed E-state index contributed by atoms with van der Waals surface area (Å²) < 4.78 is 14.9. The second-order valence-electron chi connectivity index (χ2n) is 6.06. The van der Waals surface area contributed by atoms with Gasteiger partial charge in [0, 0.05) is 32.1 Å². The van der Waals surface area contributed by atoms with Gasteiger partial charge in [0.05, 0.1) is 6.54 Å². The summed E-state index contributed by atoms with van der Waals surface area (Å²) >= 11 is 0. The molecule has 2 aromatic rings. The van der Waals surface area contributed by atoms with Gasteiger partial charge in [-0.2, -0.15) is 5.10 Å². The van der Waals surface area contributed by atoms with Crippen LogP contribution in [0.15, 0.2) is 30.6 Å². The smallest absolute Gasteiger partial charge is 0.138 e. The molecule has 1 fully saturated rings. The molecule has 6 heteroatoms. The summed E-state index contributed by atoms with van der Waals surface area (Å²) in [6, 6.07) is 7.00. The maximum absolute atomic E-state index is 13.0. The Morgan fingerprint density at radius 2 is 1.95 bits per heavy atom. The standard InChI is InChI=1S/C16H22FN5/c1-20-7-8-21(2)15(11-20)9-16-18-12-19-22(16)10-13-3-5-14(17)6-4-13/h3-6,12,15H,7-11H2,1-2H3/t15-/m0/s1. The maximum Gasteiger partial charge on any atom is 0.138 e. The Hall–Kier alpha value is -1.79. The van der Waals surface area contributed by atoms with Crippen LogP contribution in [-0.4, -0.2) is 64.3 Å². The van der Waals surface area contributed by atoms with Gasteiger partial charge < -0.3 is 9.80 Å². The lowest BCUT2D eigenvalue weighted by molar-refractivity contribution is 0.112. The fourth-order valence-electron chi connectivity index (χ4n) is 2.87. The Kier molecular flexibility index (Phi) is 4.49. The number of piperazine rings is 1. The minimum atomic E-state index is -0.213. The zero-order chi connectivity index (χ0) is 15.5. The van der Waals surface area contributed by atoms with Crippen LogP contribution in [0.2, 0.25) is 0 Å². The van der Waals surface area contributed by atoms with E-state index in [1.807, 2.05) is 4.68 Å². The van der Waals surface area contributed by atoms with Crippen molar-refractivity contribution in [1.82, 2.24) is 24.6 Å². The van der Waals surface area contributed by atoms with Crippen molar-refractivity contribution in [1.29, 1.82) is 0 Å². The Labute approximate surface area is 130 Å². The van der Waals surface area contributed by atoms with Gasteiger partial charge in [0.15, 0.2) is 0 Å². The van der Waals surface area contributed by atoms with Crippen LogP contribution in [0.1, 0.15) is 11.4 Å². The van der Waals surface area contributed by atoms with Gasteiger partial charge in [-0.25, -0.2) is 14.1 Å². The van der Waals surface area contributed by atoms with Crippen LogP contribution in [0.4, 0.5) is 4.39 Å². The first-order valence-electron chi connectivity index (χ1n) is 7.62. The first-order valence-corrected chi connectivity index (χ1v) is 7.62. The van der Waals surface area contributed by atoms with Crippen molar-refractivity contribution >= 4 is 0 Å². The van der Waals surface area contributed by atoms with Crippen LogP contribution in [0.3, 0.4) is 0 Å². The van der Waals surface area contributed by atoms with Crippen molar-refractivity contribution in [2.75, 3.05) is 33.7 Å². The highest BCUT2D eigenvalue weighted by atomic mass is 19.1. The predicted octanol–water partition coefficient (Wildman–Crippen LogP) is 1.25. The first kappa shape index (κ1) is 15.1. The molecule has 1 aliphatic heterocycles. The van der Waals surface area contributed by atoms with Gasteiger partial charge in [0.2, 0.25) is 0 Å². The molecule has 1 saturated heterocycles. The molecule has 1 atom stereocenters. The summed E-state index contributed by atoms with van der Waals surface area (Å²) in [5.41, 5.74) is 1.03. The number of hydrogen-bond acceptors (Lipinski definition) is 4. The molecule has 22 heavy (non-hydrogen) atoms. The molecule has 0 unspecified atom stereocenters. The number of halogens is 1. The summed E-state index contributed by atoms with van der Waals surface area (Å²) in [5, 5.41) is 4.32. The monoisotopic (exact) mass is 303 g/mol. The Bertz CT molecular complexity index is 609. The van der Waals surface area contributed by atoms with Gasteiger partial charge in [-0.1, -0.05) is 12.1 Å². The van der Waals surface area contributed by atoms with E-state index in [1.54, 1.807) is 18.5 Å². The molecule has 3 rings (SSSR count). The van der Waals surface area contributed by atoms with Gasteiger partial charge in [0.1, 0.15) is 18.0 Å². The van der Waals surface area contributed by atoms with Crippen LogP contribution in [0, 0.1) is 5.82 Å². The molecular formula is C16H22FN5. The molecule has 1 aromatic carbocycles. The van der Waals surface area contributed by atoms with Crippen LogP contribution >= 0.6 is 0 Å². The SMILES string of the molecule is CN1CCN(C)[C@@H](Cc2ncnn2Cc2ccc(F)cc2)C1. The summed E-state index contributed by atoms with van der Waals surface area (Å²) in [4.78, 5) is 9.15. The van der Waals surface area contributed by atoms with Gasteiger partial charge in [-0.15, -0.1) is 0 Å². The van der Waals surface area contributed by atoms with E-state index in [1.165, 1.54) is 12.1 Å².